The second kappa shape index (κ2) is 4.45. The summed E-state index contributed by atoms with van der Waals surface area (Å²) in [6, 6.07) is 0.782. The van der Waals surface area contributed by atoms with Gasteiger partial charge in [-0.05, 0) is 37.8 Å². The molecule has 3 rings (SSSR count). The van der Waals surface area contributed by atoms with E-state index in [9.17, 15) is 18.0 Å². The van der Waals surface area contributed by atoms with E-state index in [-0.39, 0.29) is 18.5 Å². The minimum Gasteiger partial charge on any atom is -0.332 e. The predicted octanol–water partition coefficient (Wildman–Crippen LogP) is 3.32. The Kier molecular flexibility index (Phi) is 3.04. The van der Waals surface area contributed by atoms with Crippen LogP contribution in [0.3, 0.4) is 0 Å². The summed E-state index contributed by atoms with van der Waals surface area (Å²) in [6.45, 7) is 2.13. The molecule has 2 aliphatic rings. The Morgan fingerprint density at radius 3 is 2.71 bits per heavy atom. The molecule has 3 heterocycles. The highest BCUT2D eigenvalue weighted by Gasteiger charge is 2.62. The molecule has 6 heteroatoms. The van der Waals surface area contributed by atoms with E-state index in [0.29, 0.717) is 18.4 Å². The predicted molar refractivity (Wildman–Crippen MR) is 70.1 cm³/mol. The van der Waals surface area contributed by atoms with Gasteiger partial charge in [0.1, 0.15) is 11.2 Å². The van der Waals surface area contributed by atoms with Crippen molar-refractivity contribution in [3.8, 4) is 0 Å². The normalized spacial score (nSPS) is 32.6. The third kappa shape index (κ3) is 2.03. The van der Waals surface area contributed by atoms with Gasteiger partial charge in [-0.25, -0.2) is 13.2 Å². The Balaban J connectivity index is 1.95. The van der Waals surface area contributed by atoms with Gasteiger partial charge in [0.05, 0.1) is 12.2 Å². The van der Waals surface area contributed by atoms with Crippen molar-refractivity contribution in [3.05, 3.63) is 29.8 Å². The fourth-order valence-corrected chi connectivity index (χ4v) is 3.54. The topological polar surface area (TPSA) is 33.2 Å². The lowest BCUT2D eigenvalue weighted by molar-refractivity contribution is -0.156. The first-order chi connectivity index (χ1) is 9.74. The molecular formula is C15H17F3N2O. The third-order valence-corrected chi connectivity index (χ3v) is 4.93. The maximum Gasteiger partial charge on any atom is 0.259 e. The first kappa shape index (κ1) is 14.4. The maximum absolute atomic E-state index is 13.8. The number of hydrogen-bond donors (Lipinski definition) is 0. The molecule has 0 aliphatic carbocycles. The number of amides is 1. The van der Waals surface area contributed by atoms with Gasteiger partial charge in [-0.2, -0.15) is 0 Å². The Morgan fingerprint density at radius 2 is 2.10 bits per heavy atom. The van der Waals surface area contributed by atoms with Crippen LogP contribution >= 0.6 is 0 Å². The van der Waals surface area contributed by atoms with Crippen molar-refractivity contribution < 1.29 is 18.0 Å². The molecule has 0 radical (unpaired) electrons. The molecule has 3 nitrogen and oxygen atoms in total. The van der Waals surface area contributed by atoms with Gasteiger partial charge in [-0.1, -0.05) is 0 Å². The van der Waals surface area contributed by atoms with Crippen molar-refractivity contribution in [2.45, 2.75) is 51.1 Å². The smallest absolute Gasteiger partial charge is 0.259 e. The minimum atomic E-state index is -3.07. The van der Waals surface area contributed by atoms with Crippen molar-refractivity contribution in [1.29, 1.82) is 0 Å². The van der Waals surface area contributed by atoms with E-state index in [1.165, 1.54) is 24.1 Å². The van der Waals surface area contributed by atoms with Gasteiger partial charge in [-0.15, -0.1) is 0 Å². The third-order valence-electron chi connectivity index (χ3n) is 4.93. The van der Waals surface area contributed by atoms with Crippen LogP contribution in [0.15, 0.2) is 18.5 Å². The Morgan fingerprint density at radius 1 is 1.38 bits per heavy atom. The van der Waals surface area contributed by atoms with Crippen LogP contribution in [0.25, 0.3) is 0 Å². The van der Waals surface area contributed by atoms with E-state index in [1.807, 2.05) is 0 Å². The highest BCUT2D eigenvalue weighted by molar-refractivity contribution is 5.87. The van der Waals surface area contributed by atoms with E-state index >= 15 is 0 Å². The molecule has 0 N–H and O–H groups in total. The summed E-state index contributed by atoms with van der Waals surface area (Å²) >= 11 is 0. The van der Waals surface area contributed by atoms with Crippen molar-refractivity contribution in [2.75, 3.05) is 0 Å². The van der Waals surface area contributed by atoms with Crippen LogP contribution in [0.1, 0.15) is 44.7 Å². The average molecular weight is 298 g/mol. The van der Waals surface area contributed by atoms with Crippen molar-refractivity contribution in [3.63, 3.8) is 0 Å². The van der Waals surface area contributed by atoms with Gasteiger partial charge >= 0.3 is 0 Å². The van der Waals surface area contributed by atoms with Gasteiger partial charge in [0.25, 0.3) is 5.92 Å². The largest absolute Gasteiger partial charge is 0.332 e. The molecule has 114 valence electrons. The fraction of sp³-hybridized carbons (Fsp3) is 0.600. The average Bonchev–Trinajstić information content (AvgIpc) is 2.89. The molecule has 1 aromatic heterocycles. The number of fused-ring (bicyclic) bond motifs is 1. The summed E-state index contributed by atoms with van der Waals surface area (Å²) in [5, 5.41) is 0. The lowest BCUT2D eigenvalue weighted by Crippen LogP contribution is -2.44. The van der Waals surface area contributed by atoms with Crippen molar-refractivity contribution >= 4 is 5.91 Å². The van der Waals surface area contributed by atoms with Crippen molar-refractivity contribution in [1.82, 2.24) is 9.88 Å². The van der Waals surface area contributed by atoms with E-state index in [1.54, 1.807) is 0 Å². The van der Waals surface area contributed by atoms with Crippen LogP contribution in [0.5, 0.6) is 0 Å². The summed E-state index contributed by atoms with van der Waals surface area (Å²) in [5.74, 6) is -4.09. The number of carbonyl (C=O) groups is 1. The molecule has 0 aromatic carbocycles. The molecule has 0 saturated carbocycles. The molecule has 2 fully saturated rings. The minimum absolute atomic E-state index is 0.147. The second-order valence-corrected chi connectivity index (χ2v) is 6.32. The summed E-state index contributed by atoms with van der Waals surface area (Å²) in [4.78, 5) is 17.9. The number of aromatic nitrogens is 1. The molecule has 2 saturated heterocycles. The van der Waals surface area contributed by atoms with E-state index in [4.69, 9.17) is 0 Å². The van der Waals surface area contributed by atoms with E-state index in [0.717, 1.165) is 13.1 Å². The van der Waals surface area contributed by atoms with E-state index < -0.39 is 23.1 Å². The molecule has 3 atom stereocenters. The fourth-order valence-electron chi connectivity index (χ4n) is 3.54. The zero-order chi connectivity index (χ0) is 15.4. The maximum atomic E-state index is 13.8. The van der Waals surface area contributed by atoms with Crippen molar-refractivity contribution in [2.24, 2.45) is 5.41 Å². The summed E-state index contributed by atoms with van der Waals surface area (Å²) in [6.07, 6.45) is 4.06. The SMILES string of the molecule is CC(F)(F)C1(C)C[C@@H]2CC[C@H](c3cncc(F)c3)N2C1=O. The lowest BCUT2D eigenvalue weighted by atomic mass is 9.80. The number of carbonyl (C=O) groups excluding carboxylic acids is 1. The van der Waals surface area contributed by atoms with Crippen LogP contribution in [0.4, 0.5) is 13.2 Å². The number of hydrogen-bond acceptors (Lipinski definition) is 2. The molecule has 2 aliphatic heterocycles. The van der Waals surface area contributed by atoms with Gasteiger partial charge < -0.3 is 4.90 Å². The standard InChI is InChI=1S/C15H17F3N2O/c1-14(15(2,17)18)6-11-3-4-12(20(11)13(14)21)9-5-10(16)8-19-7-9/h5,7-8,11-12H,3-4,6H2,1-2H3/t11-,12+,14?/m0/s1. The second-order valence-electron chi connectivity index (χ2n) is 6.32. The van der Waals surface area contributed by atoms with Gasteiger partial charge in [0.2, 0.25) is 5.91 Å². The number of halogens is 3. The molecule has 21 heavy (non-hydrogen) atoms. The first-order valence-corrected chi connectivity index (χ1v) is 7.05. The van der Waals surface area contributed by atoms with Crippen LogP contribution in [-0.2, 0) is 4.79 Å². The van der Waals surface area contributed by atoms with Crippen LogP contribution in [0.2, 0.25) is 0 Å². The van der Waals surface area contributed by atoms with E-state index in [2.05, 4.69) is 4.98 Å². The monoisotopic (exact) mass is 298 g/mol. The number of nitrogens with zero attached hydrogens (tertiary/aromatic N) is 2. The molecule has 0 spiro atoms. The first-order valence-electron chi connectivity index (χ1n) is 7.05. The summed E-state index contributed by atoms with van der Waals surface area (Å²) in [7, 11) is 0. The molecule has 1 unspecified atom stereocenters. The molecule has 1 aromatic rings. The molecule has 0 bridgehead atoms. The highest BCUT2D eigenvalue weighted by atomic mass is 19.3. The Hall–Kier alpha value is -1.59. The quantitative estimate of drug-likeness (QED) is 0.839. The Bertz CT molecular complexity index is 587. The Labute approximate surface area is 121 Å². The zero-order valence-corrected chi connectivity index (χ0v) is 11.9. The number of rotatable bonds is 2. The highest BCUT2D eigenvalue weighted by Crippen LogP contribution is 2.54. The molecular weight excluding hydrogens is 281 g/mol. The van der Waals surface area contributed by atoms with Gasteiger partial charge in [0, 0.05) is 19.2 Å². The summed E-state index contributed by atoms with van der Waals surface area (Å²) < 4.78 is 41.0. The number of alkyl halides is 2. The van der Waals surface area contributed by atoms with Crippen LogP contribution in [0, 0.1) is 11.2 Å². The number of pyridine rings is 1. The van der Waals surface area contributed by atoms with Gasteiger partial charge in [-0.3, -0.25) is 9.78 Å². The van der Waals surface area contributed by atoms with Crippen LogP contribution < -0.4 is 0 Å². The summed E-state index contributed by atoms with van der Waals surface area (Å²) in [5.41, 5.74) is -1.09. The van der Waals surface area contributed by atoms with Crippen LogP contribution in [-0.4, -0.2) is 27.8 Å². The lowest BCUT2D eigenvalue weighted by Gasteiger charge is -2.31. The molecule has 1 amide bonds. The zero-order valence-electron chi connectivity index (χ0n) is 11.9. The van der Waals surface area contributed by atoms with Gasteiger partial charge in [0.15, 0.2) is 0 Å².